The average Bonchev–Trinajstić information content (AvgIpc) is 2.60. The molecule has 0 saturated carbocycles. The Morgan fingerprint density at radius 1 is 1.17 bits per heavy atom. The normalized spacial score (nSPS) is 16.5. The lowest BCUT2D eigenvalue weighted by atomic mass is 9.93. The summed E-state index contributed by atoms with van der Waals surface area (Å²) in [5.41, 5.74) is 8.38. The molecule has 124 valence electrons. The number of amides is 2. The largest absolute Gasteiger partial charge is 0.369 e. The lowest BCUT2D eigenvalue weighted by Crippen LogP contribution is -2.39. The Morgan fingerprint density at radius 2 is 1.88 bits per heavy atom. The summed E-state index contributed by atoms with van der Waals surface area (Å²) in [6, 6.07) is 15.7. The molecule has 0 bridgehead atoms. The standard InChI is InChI=1S/C19H20N2O2S/c1-13-15-7-3-2-6-14(15)10-11-21(13)19(23)16-8-4-5-9-17(16)24-12-18(20)22/h2-9,13H,10-12H2,1H3,(H2,20,22)/t13-/m1/s1. The topological polar surface area (TPSA) is 63.4 Å². The fourth-order valence-corrected chi connectivity index (χ4v) is 3.91. The van der Waals surface area contributed by atoms with Crippen molar-refractivity contribution < 1.29 is 9.59 Å². The molecule has 1 aliphatic heterocycles. The van der Waals surface area contributed by atoms with E-state index in [1.807, 2.05) is 41.3 Å². The third-order valence-electron chi connectivity index (χ3n) is 4.34. The van der Waals surface area contributed by atoms with Crippen LogP contribution in [0, 0.1) is 0 Å². The Hall–Kier alpha value is -2.27. The van der Waals surface area contributed by atoms with Crippen LogP contribution in [0.1, 0.15) is 34.5 Å². The van der Waals surface area contributed by atoms with Crippen LogP contribution >= 0.6 is 11.8 Å². The van der Waals surface area contributed by atoms with E-state index >= 15 is 0 Å². The van der Waals surface area contributed by atoms with Gasteiger partial charge >= 0.3 is 0 Å². The zero-order valence-electron chi connectivity index (χ0n) is 13.6. The van der Waals surface area contributed by atoms with E-state index in [1.165, 1.54) is 22.9 Å². The van der Waals surface area contributed by atoms with Crippen LogP contribution in [0.4, 0.5) is 0 Å². The number of rotatable bonds is 4. The molecule has 0 spiro atoms. The first-order valence-electron chi connectivity index (χ1n) is 7.97. The highest BCUT2D eigenvalue weighted by Crippen LogP contribution is 2.32. The van der Waals surface area contributed by atoms with Crippen LogP contribution in [0.5, 0.6) is 0 Å². The molecular weight excluding hydrogens is 320 g/mol. The summed E-state index contributed by atoms with van der Waals surface area (Å²) in [5, 5.41) is 0. The highest BCUT2D eigenvalue weighted by Gasteiger charge is 2.29. The number of fused-ring (bicyclic) bond motifs is 1. The van der Waals surface area contributed by atoms with Crippen molar-refractivity contribution in [1.29, 1.82) is 0 Å². The van der Waals surface area contributed by atoms with Crippen LogP contribution < -0.4 is 5.73 Å². The van der Waals surface area contributed by atoms with Crippen LogP contribution in [0.2, 0.25) is 0 Å². The minimum Gasteiger partial charge on any atom is -0.369 e. The van der Waals surface area contributed by atoms with Gasteiger partial charge in [-0.1, -0.05) is 36.4 Å². The van der Waals surface area contributed by atoms with E-state index < -0.39 is 0 Å². The first-order valence-corrected chi connectivity index (χ1v) is 8.95. The summed E-state index contributed by atoms with van der Waals surface area (Å²) >= 11 is 1.31. The number of primary amides is 1. The molecule has 3 rings (SSSR count). The molecule has 1 heterocycles. The second kappa shape index (κ2) is 7.09. The van der Waals surface area contributed by atoms with E-state index in [0.29, 0.717) is 12.1 Å². The van der Waals surface area contributed by atoms with Crippen molar-refractivity contribution in [3.63, 3.8) is 0 Å². The quantitative estimate of drug-likeness (QED) is 0.870. The number of hydrogen-bond acceptors (Lipinski definition) is 3. The third kappa shape index (κ3) is 3.31. The van der Waals surface area contributed by atoms with Gasteiger partial charge in [0.2, 0.25) is 5.91 Å². The number of benzene rings is 2. The molecule has 0 radical (unpaired) electrons. The first kappa shape index (κ1) is 16.6. The van der Waals surface area contributed by atoms with Gasteiger partial charge in [0.15, 0.2) is 0 Å². The maximum atomic E-state index is 13.1. The number of thioether (sulfide) groups is 1. The van der Waals surface area contributed by atoms with Crippen molar-refractivity contribution in [2.24, 2.45) is 5.73 Å². The molecule has 0 saturated heterocycles. The number of carbonyl (C=O) groups excluding carboxylic acids is 2. The molecule has 4 nitrogen and oxygen atoms in total. The molecule has 5 heteroatoms. The van der Waals surface area contributed by atoms with Crippen molar-refractivity contribution in [3.05, 3.63) is 65.2 Å². The van der Waals surface area contributed by atoms with E-state index in [9.17, 15) is 9.59 Å². The van der Waals surface area contributed by atoms with Crippen molar-refractivity contribution in [1.82, 2.24) is 4.90 Å². The van der Waals surface area contributed by atoms with Crippen molar-refractivity contribution in [2.45, 2.75) is 24.3 Å². The fraction of sp³-hybridized carbons (Fsp3) is 0.263. The van der Waals surface area contributed by atoms with E-state index in [4.69, 9.17) is 5.73 Å². The molecule has 24 heavy (non-hydrogen) atoms. The molecule has 0 fully saturated rings. The Balaban J connectivity index is 1.86. The highest BCUT2D eigenvalue weighted by molar-refractivity contribution is 8.00. The number of nitrogens with zero attached hydrogens (tertiary/aromatic N) is 1. The van der Waals surface area contributed by atoms with Gasteiger partial charge < -0.3 is 10.6 Å². The predicted octanol–water partition coefficient (Wildman–Crippen LogP) is 3.02. The van der Waals surface area contributed by atoms with E-state index in [0.717, 1.165) is 11.3 Å². The Morgan fingerprint density at radius 3 is 2.67 bits per heavy atom. The molecule has 2 aromatic carbocycles. The fourth-order valence-electron chi connectivity index (χ4n) is 3.12. The SMILES string of the molecule is C[C@@H]1c2ccccc2CCN1C(=O)c1ccccc1SCC(N)=O. The zero-order valence-corrected chi connectivity index (χ0v) is 14.4. The van der Waals surface area contributed by atoms with Crippen molar-refractivity contribution in [2.75, 3.05) is 12.3 Å². The van der Waals surface area contributed by atoms with Gasteiger partial charge in [-0.15, -0.1) is 11.8 Å². The van der Waals surface area contributed by atoms with Crippen LogP contribution in [0.25, 0.3) is 0 Å². The lowest BCUT2D eigenvalue weighted by Gasteiger charge is -2.35. The van der Waals surface area contributed by atoms with Crippen molar-refractivity contribution in [3.8, 4) is 0 Å². The average molecular weight is 340 g/mol. The van der Waals surface area contributed by atoms with Gasteiger partial charge in [-0.25, -0.2) is 0 Å². The second-order valence-corrected chi connectivity index (χ2v) is 6.89. The number of carbonyl (C=O) groups is 2. The van der Waals surface area contributed by atoms with Crippen LogP contribution in [0.15, 0.2) is 53.4 Å². The van der Waals surface area contributed by atoms with E-state index in [1.54, 1.807) is 0 Å². The van der Waals surface area contributed by atoms with Gasteiger partial charge in [-0.05, 0) is 36.6 Å². The van der Waals surface area contributed by atoms with Gasteiger partial charge in [0, 0.05) is 11.4 Å². The Kier molecular flexibility index (Phi) is 4.90. The van der Waals surface area contributed by atoms with Crippen LogP contribution in [-0.2, 0) is 11.2 Å². The monoisotopic (exact) mass is 340 g/mol. The molecule has 2 N–H and O–H groups in total. The third-order valence-corrected chi connectivity index (χ3v) is 5.44. The first-order chi connectivity index (χ1) is 11.6. The summed E-state index contributed by atoms with van der Waals surface area (Å²) in [5.74, 6) is -0.213. The Labute approximate surface area is 146 Å². The molecule has 2 amide bonds. The van der Waals surface area contributed by atoms with Gasteiger partial charge in [0.1, 0.15) is 0 Å². The van der Waals surface area contributed by atoms with Gasteiger partial charge in [0.05, 0.1) is 17.4 Å². The highest BCUT2D eigenvalue weighted by atomic mass is 32.2. The maximum absolute atomic E-state index is 13.1. The zero-order chi connectivity index (χ0) is 17.1. The maximum Gasteiger partial charge on any atom is 0.255 e. The molecule has 2 aromatic rings. The Bertz CT molecular complexity index is 775. The van der Waals surface area contributed by atoms with Gasteiger partial charge in [0.25, 0.3) is 5.91 Å². The van der Waals surface area contributed by atoms with Crippen molar-refractivity contribution >= 4 is 23.6 Å². The number of hydrogen-bond donors (Lipinski definition) is 1. The lowest BCUT2D eigenvalue weighted by molar-refractivity contribution is -0.115. The van der Waals surface area contributed by atoms with Crippen LogP contribution in [0.3, 0.4) is 0 Å². The molecule has 1 aliphatic rings. The summed E-state index contributed by atoms with van der Waals surface area (Å²) in [6.07, 6.45) is 0.864. The van der Waals surface area contributed by atoms with Gasteiger partial charge in [-0.3, -0.25) is 9.59 Å². The van der Waals surface area contributed by atoms with E-state index in [-0.39, 0.29) is 23.6 Å². The number of nitrogens with two attached hydrogens (primary N) is 1. The molecule has 1 atom stereocenters. The predicted molar refractivity (Wildman–Crippen MR) is 96.0 cm³/mol. The minimum absolute atomic E-state index is 0.00423. The molecule has 0 aromatic heterocycles. The summed E-state index contributed by atoms with van der Waals surface area (Å²) < 4.78 is 0. The van der Waals surface area contributed by atoms with E-state index in [2.05, 4.69) is 19.1 Å². The van der Waals surface area contributed by atoms with Crippen LogP contribution in [-0.4, -0.2) is 29.0 Å². The summed E-state index contributed by atoms with van der Waals surface area (Å²) in [7, 11) is 0. The second-order valence-electron chi connectivity index (χ2n) is 5.87. The summed E-state index contributed by atoms with van der Waals surface area (Å²) in [6.45, 7) is 2.76. The van der Waals surface area contributed by atoms with Gasteiger partial charge in [-0.2, -0.15) is 0 Å². The molecular formula is C19H20N2O2S. The minimum atomic E-state index is -0.387. The smallest absolute Gasteiger partial charge is 0.255 e. The molecule has 0 aliphatic carbocycles. The summed E-state index contributed by atoms with van der Waals surface area (Å²) in [4.78, 5) is 26.8. The molecule has 0 unspecified atom stereocenters.